The highest BCUT2D eigenvalue weighted by Crippen LogP contribution is 2.32. The van der Waals surface area contributed by atoms with Gasteiger partial charge in [0, 0.05) is 23.1 Å². The summed E-state index contributed by atoms with van der Waals surface area (Å²) >= 11 is 3.34. The second-order valence-electron chi connectivity index (χ2n) is 6.48. The lowest BCUT2D eigenvalue weighted by Gasteiger charge is -2.16. The predicted octanol–water partition coefficient (Wildman–Crippen LogP) is 3.61. The average Bonchev–Trinajstić information content (AvgIpc) is 3.35. The van der Waals surface area contributed by atoms with Crippen molar-refractivity contribution in [3.05, 3.63) is 64.5 Å². The second kappa shape index (κ2) is 8.04. The Morgan fingerprint density at radius 2 is 1.97 bits per heavy atom. The number of nitrogens with one attached hydrogen (secondary N) is 1. The lowest BCUT2D eigenvalue weighted by atomic mass is 10.1. The monoisotopic (exact) mass is 456 g/mol. The summed E-state index contributed by atoms with van der Waals surface area (Å²) in [4.78, 5) is 26.5. The van der Waals surface area contributed by atoms with E-state index in [0.29, 0.717) is 22.5 Å². The van der Waals surface area contributed by atoms with Gasteiger partial charge in [0.25, 0.3) is 5.91 Å². The quantitative estimate of drug-likeness (QED) is 0.629. The highest BCUT2D eigenvalue weighted by Gasteiger charge is 2.35. The molecular formula is C20H17BrN4O4. The van der Waals surface area contributed by atoms with Crippen molar-refractivity contribution in [3.63, 3.8) is 0 Å². The van der Waals surface area contributed by atoms with Crippen molar-refractivity contribution < 1.29 is 18.7 Å². The van der Waals surface area contributed by atoms with Gasteiger partial charge in [-0.2, -0.15) is 0 Å². The van der Waals surface area contributed by atoms with Crippen molar-refractivity contribution in [2.24, 2.45) is 0 Å². The number of halogens is 1. The van der Waals surface area contributed by atoms with Gasteiger partial charge in [0.05, 0.1) is 18.6 Å². The molecule has 0 spiro atoms. The molecule has 2 heterocycles. The number of carbonyl (C=O) groups is 2. The standard InChI is InChI=1S/C20H17BrN4O4/c1-28-14-8-6-13(7-9-14)25-11-12(10-17(25)26)19-23-24-20(29-19)22-18(27)15-4-2-3-5-16(15)21/h2-9,12H,10-11H2,1H3,(H,22,24,27)/t12-/m0/s1. The van der Waals surface area contributed by atoms with Crippen molar-refractivity contribution in [1.29, 1.82) is 0 Å². The van der Waals surface area contributed by atoms with Gasteiger partial charge in [-0.15, -0.1) is 5.10 Å². The highest BCUT2D eigenvalue weighted by molar-refractivity contribution is 9.10. The van der Waals surface area contributed by atoms with Crippen LogP contribution in [0.4, 0.5) is 11.7 Å². The van der Waals surface area contributed by atoms with Crippen LogP contribution in [0.1, 0.15) is 28.6 Å². The van der Waals surface area contributed by atoms with Gasteiger partial charge in [-0.3, -0.25) is 14.9 Å². The van der Waals surface area contributed by atoms with Crippen LogP contribution < -0.4 is 15.0 Å². The molecule has 2 aromatic carbocycles. The molecule has 9 heteroatoms. The molecule has 1 atom stereocenters. The third kappa shape index (κ3) is 4.00. The molecule has 3 aromatic rings. The van der Waals surface area contributed by atoms with E-state index in [1.54, 1.807) is 42.3 Å². The minimum absolute atomic E-state index is 0.00361. The maximum absolute atomic E-state index is 12.4. The molecule has 0 saturated carbocycles. The minimum Gasteiger partial charge on any atom is -0.497 e. The summed E-state index contributed by atoms with van der Waals surface area (Å²) in [6, 6.07) is 14.3. The van der Waals surface area contributed by atoms with E-state index in [-0.39, 0.29) is 30.2 Å². The number of anilines is 2. The molecule has 0 aliphatic carbocycles. The maximum Gasteiger partial charge on any atom is 0.322 e. The number of hydrogen-bond donors (Lipinski definition) is 1. The Morgan fingerprint density at radius 3 is 2.69 bits per heavy atom. The van der Waals surface area contributed by atoms with Crippen LogP contribution in [0.15, 0.2) is 57.4 Å². The van der Waals surface area contributed by atoms with E-state index in [9.17, 15) is 9.59 Å². The molecule has 148 valence electrons. The second-order valence-corrected chi connectivity index (χ2v) is 7.34. The Balaban J connectivity index is 1.45. The third-order valence-corrected chi connectivity index (χ3v) is 5.33. The van der Waals surface area contributed by atoms with E-state index in [0.717, 1.165) is 11.4 Å². The first-order valence-corrected chi connectivity index (χ1v) is 9.68. The number of carbonyl (C=O) groups excluding carboxylic acids is 2. The first kappa shape index (κ1) is 19.1. The number of nitrogens with zero attached hydrogens (tertiary/aromatic N) is 3. The fourth-order valence-corrected chi connectivity index (χ4v) is 3.61. The van der Waals surface area contributed by atoms with Crippen molar-refractivity contribution in [2.75, 3.05) is 23.9 Å². The number of hydrogen-bond acceptors (Lipinski definition) is 6. The number of aromatic nitrogens is 2. The lowest BCUT2D eigenvalue weighted by Crippen LogP contribution is -2.24. The average molecular weight is 457 g/mol. The van der Waals surface area contributed by atoms with Crippen LogP contribution >= 0.6 is 15.9 Å². The van der Waals surface area contributed by atoms with Crippen LogP contribution in [0.2, 0.25) is 0 Å². The number of amides is 2. The van der Waals surface area contributed by atoms with Gasteiger partial charge in [-0.05, 0) is 52.3 Å². The van der Waals surface area contributed by atoms with Crippen LogP contribution in [-0.4, -0.2) is 35.7 Å². The summed E-state index contributed by atoms with van der Waals surface area (Å²) in [6.45, 7) is 0.422. The zero-order chi connectivity index (χ0) is 20.4. The fraction of sp³-hybridized carbons (Fsp3) is 0.200. The molecule has 0 radical (unpaired) electrons. The topological polar surface area (TPSA) is 97.6 Å². The zero-order valence-corrected chi connectivity index (χ0v) is 17.0. The molecule has 29 heavy (non-hydrogen) atoms. The number of rotatable bonds is 5. The Labute approximate surface area is 175 Å². The summed E-state index contributed by atoms with van der Waals surface area (Å²) in [5.41, 5.74) is 1.23. The Morgan fingerprint density at radius 1 is 1.21 bits per heavy atom. The number of methoxy groups -OCH3 is 1. The molecule has 1 saturated heterocycles. The van der Waals surface area contributed by atoms with Gasteiger partial charge in [-0.1, -0.05) is 17.2 Å². The molecule has 0 unspecified atom stereocenters. The van der Waals surface area contributed by atoms with Gasteiger partial charge >= 0.3 is 6.01 Å². The van der Waals surface area contributed by atoms with Crippen LogP contribution in [0, 0.1) is 0 Å². The predicted molar refractivity (Wildman–Crippen MR) is 109 cm³/mol. The molecule has 4 rings (SSSR count). The van der Waals surface area contributed by atoms with Gasteiger partial charge in [0.1, 0.15) is 5.75 Å². The maximum atomic E-state index is 12.4. The lowest BCUT2D eigenvalue weighted by molar-refractivity contribution is -0.117. The van der Waals surface area contributed by atoms with Gasteiger partial charge < -0.3 is 14.1 Å². The van der Waals surface area contributed by atoms with E-state index in [1.165, 1.54) is 0 Å². The first-order chi connectivity index (χ1) is 14.0. The van der Waals surface area contributed by atoms with Crippen LogP contribution in [0.5, 0.6) is 5.75 Å². The number of benzene rings is 2. The normalized spacial score (nSPS) is 16.1. The molecule has 1 N–H and O–H groups in total. The summed E-state index contributed by atoms with van der Waals surface area (Å²) < 4.78 is 11.4. The Bertz CT molecular complexity index is 1050. The van der Waals surface area contributed by atoms with Gasteiger partial charge in [0.15, 0.2) is 0 Å². The Kier molecular flexibility index (Phi) is 5.30. The number of ether oxygens (including phenoxy) is 1. The van der Waals surface area contributed by atoms with E-state index in [2.05, 4.69) is 31.4 Å². The highest BCUT2D eigenvalue weighted by atomic mass is 79.9. The van der Waals surface area contributed by atoms with Crippen molar-refractivity contribution in [1.82, 2.24) is 10.2 Å². The summed E-state index contributed by atoms with van der Waals surface area (Å²) in [5.74, 6) is 0.398. The molecule has 1 fully saturated rings. The Hall–Kier alpha value is -3.20. The molecule has 2 amide bonds. The largest absolute Gasteiger partial charge is 0.497 e. The summed E-state index contributed by atoms with van der Waals surface area (Å²) in [6.07, 6.45) is 0.256. The summed E-state index contributed by atoms with van der Waals surface area (Å²) in [7, 11) is 1.59. The zero-order valence-electron chi connectivity index (χ0n) is 15.5. The van der Waals surface area contributed by atoms with Crippen molar-refractivity contribution >= 4 is 39.4 Å². The molecule has 1 aliphatic rings. The van der Waals surface area contributed by atoms with Crippen molar-refractivity contribution in [2.45, 2.75) is 12.3 Å². The van der Waals surface area contributed by atoms with E-state index < -0.39 is 0 Å². The van der Waals surface area contributed by atoms with E-state index in [4.69, 9.17) is 9.15 Å². The SMILES string of the molecule is COc1ccc(N2C[C@@H](c3nnc(NC(=O)c4ccccc4Br)o3)CC2=O)cc1. The fourth-order valence-electron chi connectivity index (χ4n) is 3.14. The molecule has 1 aliphatic heterocycles. The third-order valence-electron chi connectivity index (χ3n) is 4.64. The van der Waals surface area contributed by atoms with Crippen molar-refractivity contribution in [3.8, 4) is 5.75 Å². The first-order valence-electron chi connectivity index (χ1n) is 8.89. The molecule has 8 nitrogen and oxygen atoms in total. The van der Waals surface area contributed by atoms with Gasteiger partial charge in [-0.25, -0.2) is 0 Å². The van der Waals surface area contributed by atoms with Gasteiger partial charge in [0.2, 0.25) is 11.8 Å². The van der Waals surface area contributed by atoms with Crippen LogP contribution in [0.3, 0.4) is 0 Å². The summed E-state index contributed by atoms with van der Waals surface area (Å²) in [5, 5.41) is 10.5. The minimum atomic E-state index is -0.366. The smallest absolute Gasteiger partial charge is 0.322 e. The van der Waals surface area contributed by atoms with E-state index in [1.807, 2.05) is 18.2 Å². The van der Waals surface area contributed by atoms with Crippen LogP contribution in [0.25, 0.3) is 0 Å². The van der Waals surface area contributed by atoms with E-state index >= 15 is 0 Å². The molecule has 1 aromatic heterocycles. The van der Waals surface area contributed by atoms with Crippen LogP contribution in [-0.2, 0) is 4.79 Å². The molecular weight excluding hydrogens is 440 g/mol. The molecule has 0 bridgehead atoms.